The molecular weight excluding hydrogens is 322 g/mol. The molecule has 2 N–H and O–H groups in total. The first kappa shape index (κ1) is 18.4. The fourth-order valence-electron chi connectivity index (χ4n) is 2.73. The van der Waals surface area contributed by atoms with Gasteiger partial charge < -0.3 is 5.73 Å². The van der Waals surface area contributed by atoms with Crippen molar-refractivity contribution in [1.29, 1.82) is 0 Å². The lowest BCUT2D eigenvalue weighted by molar-refractivity contribution is 0.743. The van der Waals surface area contributed by atoms with Gasteiger partial charge in [-0.15, -0.1) is 0 Å². The molecule has 0 unspecified atom stereocenters. The van der Waals surface area contributed by atoms with Crippen LogP contribution in [-0.2, 0) is 12.8 Å². The maximum Gasteiger partial charge on any atom is 0.0562 e. The Morgan fingerprint density at radius 1 is 0.957 bits per heavy atom. The van der Waals surface area contributed by atoms with Gasteiger partial charge in [-0.1, -0.05) is 48.0 Å². The van der Waals surface area contributed by atoms with Crippen molar-refractivity contribution in [3.8, 4) is 0 Å². The van der Waals surface area contributed by atoms with E-state index in [1.165, 1.54) is 21.6 Å². The molecule has 1 nitrogen and oxygen atoms in total. The molecular formula is C20H28ClNS. The second-order valence-electron chi connectivity index (χ2n) is 6.81. The molecule has 23 heavy (non-hydrogen) atoms. The van der Waals surface area contributed by atoms with Gasteiger partial charge in [0.05, 0.1) is 5.02 Å². The predicted octanol–water partition coefficient (Wildman–Crippen LogP) is 5.27. The fourth-order valence-corrected chi connectivity index (χ4v) is 4.77. The number of hydrogen-bond acceptors (Lipinski definition) is 1. The molecule has 0 atom stereocenters. The number of hydrogen-bond donors (Lipinski definition) is 1. The standard InChI is InChI=1S/C20H28ClNS/c1-23(2,3)19-15-17(11-7-8-12-22)14-18(20(19)21)13-16-9-5-4-6-10-16/h4-6,9-10,14-15H,7-8,11-13,22H2,1-3H3. The first-order chi connectivity index (χ1) is 10.9. The highest BCUT2D eigenvalue weighted by molar-refractivity contribution is 8.32. The Balaban J connectivity index is 2.36. The van der Waals surface area contributed by atoms with E-state index in [4.69, 9.17) is 17.3 Å². The van der Waals surface area contributed by atoms with Crippen LogP contribution in [0.2, 0.25) is 5.02 Å². The van der Waals surface area contributed by atoms with Crippen LogP contribution in [0.4, 0.5) is 0 Å². The van der Waals surface area contributed by atoms with Crippen LogP contribution >= 0.6 is 21.6 Å². The van der Waals surface area contributed by atoms with E-state index in [9.17, 15) is 0 Å². The summed E-state index contributed by atoms with van der Waals surface area (Å²) in [5.41, 5.74) is 9.58. The molecule has 0 aliphatic carbocycles. The van der Waals surface area contributed by atoms with Gasteiger partial charge in [-0.05, 0) is 73.8 Å². The summed E-state index contributed by atoms with van der Waals surface area (Å²) in [6.45, 7) is 0.766. The van der Waals surface area contributed by atoms with E-state index < -0.39 is 10.0 Å². The van der Waals surface area contributed by atoms with Gasteiger partial charge in [-0.2, -0.15) is 0 Å². The average molecular weight is 350 g/mol. The van der Waals surface area contributed by atoms with E-state index in [0.717, 1.165) is 37.3 Å². The number of unbranched alkanes of at least 4 members (excludes halogenated alkanes) is 1. The molecule has 0 saturated carbocycles. The van der Waals surface area contributed by atoms with Crippen molar-refractivity contribution in [1.82, 2.24) is 0 Å². The Morgan fingerprint density at radius 2 is 1.65 bits per heavy atom. The Bertz CT molecular complexity index is 632. The molecule has 0 heterocycles. The summed E-state index contributed by atoms with van der Waals surface area (Å²) >= 11 is 6.78. The van der Waals surface area contributed by atoms with E-state index >= 15 is 0 Å². The molecule has 0 bridgehead atoms. The minimum absolute atomic E-state index is 0.766. The summed E-state index contributed by atoms with van der Waals surface area (Å²) in [7, 11) is -0.858. The van der Waals surface area contributed by atoms with Crippen LogP contribution in [-0.4, -0.2) is 25.3 Å². The smallest absolute Gasteiger partial charge is 0.0562 e. The molecule has 2 aromatic carbocycles. The van der Waals surface area contributed by atoms with Crippen LogP contribution in [0.15, 0.2) is 47.4 Å². The van der Waals surface area contributed by atoms with Gasteiger partial charge >= 0.3 is 0 Å². The van der Waals surface area contributed by atoms with Crippen molar-refractivity contribution < 1.29 is 0 Å². The molecule has 0 aliphatic heterocycles. The summed E-state index contributed by atoms with van der Waals surface area (Å²) in [4.78, 5) is 1.33. The molecule has 0 saturated heterocycles. The Hall–Kier alpha value is -0.960. The number of benzene rings is 2. The Morgan fingerprint density at radius 3 is 2.26 bits per heavy atom. The lowest BCUT2D eigenvalue weighted by atomic mass is 10.00. The van der Waals surface area contributed by atoms with Gasteiger partial charge in [0.1, 0.15) is 0 Å². The third-order valence-electron chi connectivity index (χ3n) is 3.99. The van der Waals surface area contributed by atoms with Crippen molar-refractivity contribution in [2.75, 3.05) is 25.3 Å². The Kier molecular flexibility index (Phi) is 6.58. The number of aryl methyl sites for hydroxylation is 1. The van der Waals surface area contributed by atoms with E-state index in [0.29, 0.717) is 0 Å². The quantitative estimate of drug-likeness (QED) is 0.677. The zero-order valence-corrected chi connectivity index (χ0v) is 16.0. The molecule has 3 heteroatoms. The normalized spacial score (nSPS) is 12.4. The lowest BCUT2D eigenvalue weighted by Gasteiger charge is -2.29. The van der Waals surface area contributed by atoms with E-state index in [2.05, 4.69) is 61.2 Å². The van der Waals surface area contributed by atoms with Crippen molar-refractivity contribution in [3.63, 3.8) is 0 Å². The molecule has 2 aromatic rings. The van der Waals surface area contributed by atoms with Crippen LogP contribution in [0.3, 0.4) is 0 Å². The summed E-state index contributed by atoms with van der Waals surface area (Å²) in [5.74, 6) is 0. The third kappa shape index (κ3) is 5.27. The van der Waals surface area contributed by atoms with E-state index in [-0.39, 0.29) is 0 Å². The van der Waals surface area contributed by atoms with Crippen LogP contribution in [0.5, 0.6) is 0 Å². The summed E-state index contributed by atoms with van der Waals surface area (Å²) in [6, 6.07) is 15.2. The van der Waals surface area contributed by atoms with Crippen LogP contribution in [0, 0.1) is 0 Å². The van der Waals surface area contributed by atoms with Gasteiger partial charge in [0, 0.05) is 4.90 Å². The third-order valence-corrected chi connectivity index (χ3v) is 6.19. The minimum atomic E-state index is -0.858. The van der Waals surface area contributed by atoms with Gasteiger partial charge in [0.2, 0.25) is 0 Å². The molecule has 0 fully saturated rings. The van der Waals surface area contributed by atoms with Crippen molar-refractivity contribution >= 4 is 21.6 Å². The summed E-state index contributed by atoms with van der Waals surface area (Å²) in [5, 5.41) is 0.957. The summed E-state index contributed by atoms with van der Waals surface area (Å²) < 4.78 is 0. The largest absolute Gasteiger partial charge is 0.330 e. The van der Waals surface area contributed by atoms with Gasteiger partial charge in [-0.25, -0.2) is 10.0 Å². The number of halogens is 1. The molecule has 126 valence electrons. The fraction of sp³-hybridized carbons (Fsp3) is 0.400. The zero-order valence-electron chi connectivity index (χ0n) is 14.4. The first-order valence-corrected chi connectivity index (χ1v) is 11.4. The SMILES string of the molecule is CS(C)(C)c1cc(CCCCN)cc(Cc2ccccc2)c1Cl. The van der Waals surface area contributed by atoms with Gasteiger partial charge in [0.15, 0.2) is 0 Å². The number of rotatable bonds is 7. The first-order valence-electron chi connectivity index (χ1n) is 8.15. The maximum atomic E-state index is 6.78. The molecule has 0 radical (unpaired) electrons. The Labute approximate surface area is 147 Å². The van der Waals surface area contributed by atoms with Crippen molar-refractivity contribution in [3.05, 3.63) is 64.2 Å². The van der Waals surface area contributed by atoms with E-state index in [1.807, 2.05) is 0 Å². The molecule has 2 rings (SSSR count). The second kappa shape index (κ2) is 8.23. The highest BCUT2D eigenvalue weighted by Gasteiger charge is 2.17. The van der Waals surface area contributed by atoms with E-state index in [1.54, 1.807) is 0 Å². The van der Waals surface area contributed by atoms with Gasteiger partial charge in [0.25, 0.3) is 0 Å². The van der Waals surface area contributed by atoms with Crippen molar-refractivity contribution in [2.45, 2.75) is 30.6 Å². The predicted molar refractivity (Wildman–Crippen MR) is 106 cm³/mol. The van der Waals surface area contributed by atoms with Crippen molar-refractivity contribution in [2.24, 2.45) is 5.73 Å². The molecule has 0 aromatic heterocycles. The number of nitrogens with two attached hydrogens (primary N) is 1. The molecule has 0 aliphatic rings. The van der Waals surface area contributed by atoms with Crippen LogP contribution in [0.25, 0.3) is 0 Å². The molecule has 0 spiro atoms. The monoisotopic (exact) mass is 349 g/mol. The zero-order chi connectivity index (χ0) is 16.9. The maximum absolute atomic E-state index is 6.78. The topological polar surface area (TPSA) is 26.0 Å². The highest BCUT2D eigenvalue weighted by atomic mass is 35.5. The average Bonchev–Trinajstić information content (AvgIpc) is 2.50. The highest BCUT2D eigenvalue weighted by Crippen LogP contribution is 2.50. The second-order valence-corrected chi connectivity index (χ2v) is 11.3. The lowest BCUT2D eigenvalue weighted by Crippen LogP contribution is -2.02. The summed E-state index contributed by atoms with van der Waals surface area (Å²) in [6.07, 6.45) is 11.1. The van der Waals surface area contributed by atoms with Gasteiger partial charge in [-0.3, -0.25) is 0 Å². The van der Waals surface area contributed by atoms with Crippen LogP contribution < -0.4 is 5.73 Å². The molecule has 0 amide bonds. The van der Waals surface area contributed by atoms with Crippen LogP contribution in [0.1, 0.15) is 29.5 Å². The minimum Gasteiger partial charge on any atom is -0.330 e.